The second-order valence-corrected chi connectivity index (χ2v) is 7.07. The van der Waals surface area contributed by atoms with E-state index in [1.807, 2.05) is 0 Å². The van der Waals surface area contributed by atoms with E-state index in [1.165, 1.54) is 12.8 Å². The van der Waals surface area contributed by atoms with Crippen molar-refractivity contribution in [1.82, 2.24) is 20.5 Å². The Bertz CT molecular complexity index is 556. The van der Waals surface area contributed by atoms with Gasteiger partial charge in [-0.3, -0.25) is 4.99 Å². The molecular formula is C15H25F3IN5S. The fraction of sp³-hybridized carbons (Fsp3) is 0.733. The largest absolute Gasteiger partial charge is 0.434 e. The van der Waals surface area contributed by atoms with Crippen molar-refractivity contribution in [3.8, 4) is 0 Å². The van der Waals surface area contributed by atoms with Gasteiger partial charge in [0.1, 0.15) is 0 Å². The molecule has 0 saturated heterocycles. The second-order valence-electron chi connectivity index (χ2n) is 6.12. The van der Waals surface area contributed by atoms with E-state index in [2.05, 4.69) is 39.6 Å². The molecule has 1 saturated carbocycles. The average molecular weight is 491 g/mol. The second kappa shape index (κ2) is 9.91. The van der Waals surface area contributed by atoms with Crippen molar-refractivity contribution in [2.75, 3.05) is 34.2 Å². The first-order valence-corrected chi connectivity index (χ1v) is 8.81. The molecule has 10 heteroatoms. The number of hydrogen-bond donors (Lipinski definition) is 2. The van der Waals surface area contributed by atoms with Crippen molar-refractivity contribution < 1.29 is 13.2 Å². The Hall–Kier alpha value is -0.620. The molecule has 1 heterocycles. The lowest BCUT2D eigenvalue weighted by molar-refractivity contribution is -0.140. The third kappa shape index (κ3) is 7.26. The van der Waals surface area contributed by atoms with Crippen LogP contribution in [-0.4, -0.2) is 56.1 Å². The van der Waals surface area contributed by atoms with Crippen LogP contribution in [-0.2, 0) is 12.6 Å². The number of alkyl halides is 3. The molecule has 0 amide bonds. The lowest BCUT2D eigenvalue weighted by Crippen LogP contribution is -2.46. The van der Waals surface area contributed by atoms with Crippen molar-refractivity contribution in [3.63, 3.8) is 0 Å². The number of rotatable bonds is 7. The molecule has 0 aliphatic heterocycles. The van der Waals surface area contributed by atoms with Gasteiger partial charge in [0.2, 0.25) is 0 Å². The summed E-state index contributed by atoms with van der Waals surface area (Å²) in [6.07, 6.45) is -1.41. The quantitative estimate of drug-likeness (QED) is 0.350. The molecule has 2 N–H and O–H groups in total. The van der Waals surface area contributed by atoms with Gasteiger partial charge in [-0.15, -0.1) is 35.3 Å². The minimum atomic E-state index is -4.37. The fourth-order valence-corrected chi connectivity index (χ4v) is 3.32. The topological polar surface area (TPSA) is 52.6 Å². The number of nitrogens with zero attached hydrogens (tertiary/aromatic N) is 3. The zero-order valence-corrected chi connectivity index (χ0v) is 17.7. The van der Waals surface area contributed by atoms with Gasteiger partial charge in [0.15, 0.2) is 11.7 Å². The standard InChI is InChI=1S/C15H24F3N5S.HI/c1-19-14(21-8-11(23(2)3)10-4-5-10)20-7-6-13-22-12(9-24-13)15(16,17)18;/h9-11H,4-8H2,1-3H3,(H2,19,20,21);1H. The van der Waals surface area contributed by atoms with Crippen LogP contribution in [0.5, 0.6) is 0 Å². The van der Waals surface area contributed by atoms with Crippen LogP contribution in [0.15, 0.2) is 10.4 Å². The smallest absolute Gasteiger partial charge is 0.356 e. The van der Waals surface area contributed by atoms with Crippen LogP contribution in [0.25, 0.3) is 0 Å². The Labute approximate surface area is 167 Å². The van der Waals surface area contributed by atoms with Crippen LogP contribution < -0.4 is 10.6 Å². The maximum absolute atomic E-state index is 12.5. The molecular weight excluding hydrogens is 466 g/mol. The van der Waals surface area contributed by atoms with Gasteiger partial charge in [0.05, 0.1) is 5.01 Å². The van der Waals surface area contributed by atoms with Gasteiger partial charge >= 0.3 is 6.18 Å². The van der Waals surface area contributed by atoms with E-state index in [0.717, 1.165) is 29.2 Å². The molecule has 1 unspecified atom stereocenters. The van der Waals surface area contributed by atoms with E-state index in [4.69, 9.17) is 0 Å². The Kier molecular flexibility index (Phi) is 8.89. The molecule has 144 valence electrons. The number of aromatic nitrogens is 1. The number of likely N-dealkylation sites (N-methyl/N-ethyl adjacent to an activating group) is 1. The summed E-state index contributed by atoms with van der Waals surface area (Å²) in [7, 11) is 5.82. The molecule has 1 aliphatic carbocycles. The minimum Gasteiger partial charge on any atom is -0.356 e. The van der Waals surface area contributed by atoms with Gasteiger partial charge < -0.3 is 15.5 Å². The number of halogens is 4. The van der Waals surface area contributed by atoms with E-state index >= 15 is 0 Å². The number of hydrogen-bond acceptors (Lipinski definition) is 4. The molecule has 1 aliphatic rings. The zero-order chi connectivity index (χ0) is 17.7. The highest BCUT2D eigenvalue weighted by atomic mass is 127. The molecule has 0 spiro atoms. The summed E-state index contributed by atoms with van der Waals surface area (Å²) in [6.45, 7) is 1.29. The fourth-order valence-electron chi connectivity index (χ4n) is 2.52. The number of aliphatic imine (C=N–C) groups is 1. The van der Waals surface area contributed by atoms with Gasteiger partial charge in [0, 0.05) is 38.0 Å². The Morgan fingerprint density at radius 1 is 1.40 bits per heavy atom. The minimum absolute atomic E-state index is 0. The first kappa shape index (κ1) is 22.4. The first-order valence-electron chi connectivity index (χ1n) is 7.93. The molecule has 1 aromatic rings. The maximum Gasteiger partial charge on any atom is 0.434 e. The Balaban J connectivity index is 0.00000312. The van der Waals surface area contributed by atoms with Crippen LogP contribution in [0, 0.1) is 5.92 Å². The summed E-state index contributed by atoms with van der Waals surface area (Å²) >= 11 is 1.03. The van der Waals surface area contributed by atoms with Gasteiger partial charge in [-0.25, -0.2) is 4.98 Å². The average Bonchev–Trinajstić information content (AvgIpc) is 3.21. The predicted octanol–water partition coefficient (Wildman–Crippen LogP) is 2.83. The van der Waals surface area contributed by atoms with Crippen LogP contribution in [0.2, 0.25) is 0 Å². The SMILES string of the molecule is CN=C(NCCc1nc(C(F)(F)F)cs1)NCC(C1CC1)N(C)C.I. The molecule has 1 fully saturated rings. The van der Waals surface area contributed by atoms with Gasteiger partial charge in [-0.2, -0.15) is 13.2 Å². The lowest BCUT2D eigenvalue weighted by Gasteiger charge is -2.25. The maximum atomic E-state index is 12.5. The van der Waals surface area contributed by atoms with E-state index in [1.54, 1.807) is 7.05 Å². The molecule has 1 atom stereocenters. The van der Waals surface area contributed by atoms with Crippen LogP contribution in [0.1, 0.15) is 23.5 Å². The molecule has 0 bridgehead atoms. The summed E-state index contributed by atoms with van der Waals surface area (Å²) in [6, 6.07) is 0.469. The highest BCUT2D eigenvalue weighted by Gasteiger charge is 2.34. The zero-order valence-electron chi connectivity index (χ0n) is 14.6. The van der Waals surface area contributed by atoms with Crippen molar-refractivity contribution in [3.05, 3.63) is 16.1 Å². The third-order valence-corrected chi connectivity index (χ3v) is 4.91. The van der Waals surface area contributed by atoms with Crippen LogP contribution in [0.3, 0.4) is 0 Å². The van der Waals surface area contributed by atoms with Gasteiger partial charge in [-0.1, -0.05) is 0 Å². The molecule has 0 radical (unpaired) electrons. The van der Waals surface area contributed by atoms with Gasteiger partial charge in [0.25, 0.3) is 0 Å². The summed E-state index contributed by atoms with van der Waals surface area (Å²) in [4.78, 5) is 9.99. The summed E-state index contributed by atoms with van der Waals surface area (Å²) < 4.78 is 37.5. The molecule has 25 heavy (non-hydrogen) atoms. The number of guanidine groups is 1. The molecule has 5 nitrogen and oxygen atoms in total. The Morgan fingerprint density at radius 3 is 2.56 bits per heavy atom. The van der Waals surface area contributed by atoms with E-state index in [0.29, 0.717) is 30.0 Å². The number of thiazole rings is 1. The Morgan fingerprint density at radius 2 is 2.08 bits per heavy atom. The monoisotopic (exact) mass is 491 g/mol. The summed E-state index contributed by atoms with van der Waals surface area (Å²) in [5.74, 6) is 1.40. The van der Waals surface area contributed by atoms with E-state index in [9.17, 15) is 13.2 Å². The number of nitrogens with one attached hydrogen (secondary N) is 2. The van der Waals surface area contributed by atoms with Crippen molar-refractivity contribution in [1.29, 1.82) is 0 Å². The molecule has 0 aromatic carbocycles. The highest BCUT2D eigenvalue weighted by molar-refractivity contribution is 14.0. The first-order chi connectivity index (χ1) is 11.3. The summed E-state index contributed by atoms with van der Waals surface area (Å²) in [5, 5.41) is 7.94. The normalized spacial score (nSPS) is 16.5. The van der Waals surface area contributed by atoms with Crippen LogP contribution in [0.4, 0.5) is 13.2 Å². The van der Waals surface area contributed by atoms with Crippen molar-refractivity contribution in [2.45, 2.75) is 31.5 Å². The predicted molar refractivity (Wildman–Crippen MR) is 106 cm³/mol. The van der Waals surface area contributed by atoms with E-state index in [-0.39, 0.29) is 24.0 Å². The van der Waals surface area contributed by atoms with Gasteiger partial charge in [-0.05, 0) is 32.9 Å². The van der Waals surface area contributed by atoms with Crippen molar-refractivity contribution >= 4 is 41.3 Å². The lowest BCUT2D eigenvalue weighted by atomic mass is 10.1. The third-order valence-electron chi connectivity index (χ3n) is 4.01. The van der Waals surface area contributed by atoms with Crippen LogP contribution >= 0.6 is 35.3 Å². The van der Waals surface area contributed by atoms with E-state index < -0.39 is 11.9 Å². The highest BCUT2D eigenvalue weighted by Crippen LogP contribution is 2.34. The summed E-state index contributed by atoms with van der Waals surface area (Å²) in [5.41, 5.74) is -0.816. The molecule has 1 aromatic heterocycles. The van der Waals surface area contributed by atoms with Crippen molar-refractivity contribution in [2.24, 2.45) is 10.9 Å². The molecule has 2 rings (SSSR count).